The third kappa shape index (κ3) is 3.78. The molecule has 0 N–H and O–H groups in total. The van der Waals surface area contributed by atoms with Crippen LogP contribution in [0.5, 0.6) is 5.75 Å². The summed E-state index contributed by atoms with van der Waals surface area (Å²) >= 11 is 0. The minimum atomic E-state index is 0.103. The zero-order valence-electron chi connectivity index (χ0n) is 17.1. The van der Waals surface area contributed by atoms with Gasteiger partial charge in [0.05, 0.1) is 13.3 Å². The lowest BCUT2D eigenvalue weighted by Gasteiger charge is -2.37. The third-order valence-corrected chi connectivity index (χ3v) is 6.21. The minimum absolute atomic E-state index is 0.103. The number of amides is 1. The van der Waals surface area contributed by atoms with E-state index in [1.807, 2.05) is 24.0 Å². The molecule has 1 aromatic carbocycles. The molecule has 150 valence electrons. The number of ether oxygens (including phenoxy) is 1. The lowest BCUT2D eigenvalue weighted by atomic mass is 9.87. The first-order chi connectivity index (χ1) is 13.5. The van der Waals surface area contributed by atoms with Crippen molar-refractivity contribution < 1.29 is 9.53 Å². The molecule has 6 heteroatoms. The fourth-order valence-electron chi connectivity index (χ4n) is 4.51. The molecule has 0 radical (unpaired) electrons. The molecule has 0 saturated carbocycles. The first-order valence-corrected chi connectivity index (χ1v) is 10.2. The number of piperazine rings is 1. The van der Waals surface area contributed by atoms with Crippen LogP contribution in [0.1, 0.15) is 28.8 Å². The smallest absolute Gasteiger partial charge is 0.226 e. The summed E-state index contributed by atoms with van der Waals surface area (Å²) in [6, 6.07) is 6.32. The predicted molar refractivity (Wildman–Crippen MR) is 108 cm³/mol. The molecule has 1 fully saturated rings. The van der Waals surface area contributed by atoms with Crippen LogP contribution in [0.4, 0.5) is 0 Å². The zero-order valence-corrected chi connectivity index (χ0v) is 17.1. The molecule has 2 aliphatic rings. The summed E-state index contributed by atoms with van der Waals surface area (Å²) in [5.41, 5.74) is 5.01. The average Bonchev–Trinajstić information content (AvgIpc) is 3.08. The number of rotatable bonds is 4. The second kappa shape index (κ2) is 7.95. The van der Waals surface area contributed by atoms with Gasteiger partial charge in [0.1, 0.15) is 5.75 Å². The molecule has 1 unspecified atom stereocenters. The van der Waals surface area contributed by atoms with Crippen molar-refractivity contribution in [3.05, 3.63) is 46.8 Å². The first-order valence-electron chi connectivity index (χ1n) is 10.2. The lowest BCUT2D eigenvalue weighted by Crippen LogP contribution is -2.50. The van der Waals surface area contributed by atoms with Gasteiger partial charge in [0.25, 0.3) is 0 Å². The number of nitrogens with zero attached hydrogens (tertiary/aromatic N) is 4. The number of carbonyl (C=O) groups is 1. The molecule has 1 saturated heterocycles. The van der Waals surface area contributed by atoms with Gasteiger partial charge in [0, 0.05) is 63.4 Å². The summed E-state index contributed by atoms with van der Waals surface area (Å²) in [5.74, 6) is 1.37. The van der Waals surface area contributed by atoms with Gasteiger partial charge in [-0.2, -0.15) is 5.10 Å². The van der Waals surface area contributed by atoms with Gasteiger partial charge in [-0.1, -0.05) is 17.7 Å². The van der Waals surface area contributed by atoms with Crippen LogP contribution < -0.4 is 4.74 Å². The third-order valence-electron chi connectivity index (χ3n) is 6.21. The van der Waals surface area contributed by atoms with Crippen molar-refractivity contribution in [2.75, 3.05) is 33.3 Å². The van der Waals surface area contributed by atoms with Crippen LogP contribution in [0.15, 0.2) is 24.4 Å². The van der Waals surface area contributed by atoms with Crippen molar-refractivity contribution in [1.82, 2.24) is 19.6 Å². The normalized spacial score (nSPS) is 20.1. The molecular weight excluding hydrogens is 352 g/mol. The Labute approximate surface area is 167 Å². The Kier molecular flexibility index (Phi) is 5.40. The molecule has 4 rings (SSSR count). The summed E-state index contributed by atoms with van der Waals surface area (Å²) in [7, 11) is 3.70. The van der Waals surface area contributed by atoms with Crippen molar-refractivity contribution in [2.45, 2.75) is 32.7 Å². The van der Waals surface area contributed by atoms with E-state index >= 15 is 0 Å². The van der Waals surface area contributed by atoms with E-state index in [4.69, 9.17) is 4.74 Å². The van der Waals surface area contributed by atoms with Crippen LogP contribution in [0.2, 0.25) is 0 Å². The average molecular weight is 383 g/mol. The molecule has 0 spiro atoms. The van der Waals surface area contributed by atoms with Crippen LogP contribution in [0.3, 0.4) is 0 Å². The molecule has 2 aromatic rings. The quantitative estimate of drug-likeness (QED) is 0.813. The maximum absolute atomic E-state index is 13.1. The van der Waals surface area contributed by atoms with Gasteiger partial charge in [-0.3, -0.25) is 14.4 Å². The van der Waals surface area contributed by atoms with E-state index in [1.165, 1.54) is 22.4 Å². The summed E-state index contributed by atoms with van der Waals surface area (Å²) in [4.78, 5) is 17.5. The van der Waals surface area contributed by atoms with Crippen molar-refractivity contribution in [1.29, 1.82) is 0 Å². The molecular formula is C22H30N4O2. The summed E-state index contributed by atoms with van der Waals surface area (Å²) in [6.07, 6.45) is 4.69. The van der Waals surface area contributed by atoms with Gasteiger partial charge >= 0.3 is 0 Å². The Balaban J connectivity index is 1.34. The van der Waals surface area contributed by atoms with Gasteiger partial charge in [0.15, 0.2) is 0 Å². The second-order valence-electron chi connectivity index (χ2n) is 8.10. The van der Waals surface area contributed by atoms with Gasteiger partial charge in [0.2, 0.25) is 5.91 Å². The Morgan fingerprint density at radius 3 is 2.79 bits per heavy atom. The van der Waals surface area contributed by atoms with Crippen molar-refractivity contribution in [3.63, 3.8) is 0 Å². The van der Waals surface area contributed by atoms with E-state index < -0.39 is 0 Å². The molecule has 0 bridgehead atoms. The molecule has 6 nitrogen and oxygen atoms in total. The monoisotopic (exact) mass is 382 g/mol. The standard InChI is InChI=1S/C22H30N4O2/c1-16-4-7-21(28-3)19(12-16)15-25-8-10-26(11-9-25)22(27)17-5-6-18-14-23-24(2)20(18)13-17/h4,7,12,14,17H,5-6,8-11,13,15H2,1-3H3. The van der Waals surface area contributed by atoms with Crippen LogP contribution in [-0.4, -0.2) is 58.8 Å². The highest BCUT2D eigenvalue weighted by atomic mass is 16.5. The zero-order chi connectivity index (χ0) is 19.7. The van der Waals surface area contributed by atoms with Crippen molar-refractivity contribution in [2.24, 2.45) is 13.0 Å². The second-order valence-corrected chi connectivity index (χ2v) is 8.10. The van der Waals surface area contributed by atoms with Gasteiger partial charge in [-0.05, 0) is 31.4 Å². The van der Waals surface area contributed by atoms with Crippen molar-refractivity contribution in [3.8, 4) is 5.75 Å². The van der Waals surface area contributed by atoms with E-state index in [1.54, 1.807) is 7.11 Å². The number of carbonyl (C=O) groups excluding carboxylic acids is 1. The van der Waals surface area contributed by atoms with Gasteiger partial charge in [-0.25, -0.2) is 0 Å². The highest BCUT2D eigenvalue weighted by Crippen LogP contribution is 2.27. The summed E-state index contributed by atoms with van der Waals surface area (Å²) in [5, 5.41) is 4.35. The Bertz CT molecular complexity index is 852. The van der Waals surface area contributed by atoms with Crippen LogP contribution in [-0.2, 0) is 31.2 Å². The minimum Gasteiger partial charge on any atom is -0.496 e. The Morgan fingerprint density at radius 1 is 1.25 bits per heavy atom. The molecule has 28 heavy (non-hydrogen) atoms. The topological polar surface area (TPSA) is 50.6 Å². The molecule has 1 amide bonds. The first kappa shape index (κ1) is 19.0. The van der Waals surface area contributed by atoms with Crippen molar-refractivity contribution >= 4 is 5.91 Å². The number of methoxy groups -OCH3 is 1. The van der Waals surface area contributed by atoms with E-state index in [2.05, 4.69) is 34.0 Å². The summed E-state index contributed by atoms with van der Waals surface area (Å²) < 4.78 is 7.45. The SMILES string of the molecule is COc1ccc(C)cc1CN1CCN(C(=O)C2CCc3cnn(C)c3C2)CC1. The molecule has 1 atom stereocenters. The largest absolute Gasteiger partial charge is 0.496 e. The maximum Gasteiger partial charge on any atom is 0.226 e. The Morgan fingerprint density at radius 2 is 2.04 bits per heavy atom. The van der Waals surface area contributed by atoms with E-state index in [0.717, 1.165) is 57.7 Å². The van der Waals surface area contributed by atoms with Gasteiger partial charge < -0.3 is 9.64 Å². The molecule has 2 heterocycles. The fraction of sp³-hybridized carbons (Fsp3) is 0.545. The number of hydrogen-bond donors (Lipinski definition) is 0. The number of benzene rings is 1. The molecule has 1 aliphatic carbocycles. The molecule has 1 aliphatic heterocycles. The van der Waals surface area contributed by atoms with Gasteiger partial charge in [-0.15, -0.1) is 0 Å². The summed E-state index contributed by atoms with van der Waals surface area (Å²) in [6.45, 7) is 6.41. The van der Waals surface area contributed by atoms with Crippen LogP contribution >= 0.6 is 0 Å². The predicted octanol–water partition coefficient (Wildman–Crippen LogP) is 2.19. The van der Waals surface area contributed by atoms with E-state index in [9.17, 15) is 4.79 Å². The van der Waals surface area contributed by atoms with Crippen LogP contribution in [0.25, 0.3) is 0 Å². The molecule has 1 aromatic heterocycles. The number of hydrogen-bond acceptors (Lipinski definition) is 4. The number of fused-ring (bicyclic) bond motifs is 1. The lowest BCUT2D eigenvalue weighted by molar-refractivity contribution is -0.137. The highest BCUT2D eigenvalue weighted by molar-refractivity contribution is 5.79. The van der Waals surface area contributed by atoms with Crippen LogP contribution in [0, 0.1) is 12.8 Å². The maximum atomic E-state index is 13.1. The number of aromatic nitrogens is 2. The fourth-order valence-corrected chi connectivity index (χ4v) is 4.51. The number of aryl methyl sites for hydroxylation is 3. The van der Waals surface area contributed by atoms with E-state index in [0.29, 0.717) is 5.91 Å². The Hall–Kier alpha value is -2.34. The van der Waals surface area contributed by atoms with E-state index in [-0.39, 0.29) is 5.92 Å². The highest BCUT2D eigenvalue weighted by Gasteiger charge is 2.31.